The van der Waals surface area contributed by atoms with Gasteiger partial charge in [-0.05, 0) is 49.2 Å². The van der Waals surface area contributed by atoms with Crippen molar-refractivity contribution >= 4 is 27.5 Å². The molecule has 0 unspecified atom stereocenters. The summed E-state index contributed by atoms with van der Waals surface area (Å²) in [6, 6.07) is 10.4. The quantitative estimate of drug-likeness (QED) is 0.757. The summed E-state index contributed by atoms with van der Waals surface area (Å²) in [7, 11) is -3.76. The number of hydrogen-bond donors (Lipinski definition) is 2. The third-order valence-corrected chi connectivity index (χ3v) is 6.33. The number of carbonyl (C=O) groups is 1. The first-order valence-electron chi connectivity index (χ1n) is 9.72. The second-order valence-corrected chi connectivity index (χ2v) is 8.90. The van der Waals surface area contributed by atoms with Gasteiger partial charge in [-0.3, -0.25) is 4.79 Å². The van der Waals surface area contributed by atoms with Crippen LogP contribution >= 0.6 is 0 Å². The highest BCUT2D eigenvalue weighted by molar-refractivity contribution is 7.90. The van der Waals surface area contributed by atoms with Crippen LogP contribution in [0.4, 0.5) is 5.69 Å². The van der Waals surface area contributed by atoms with Crippen molar-refractivity contribution in [2.45, 2.75) is 37.6 Å². The Morgan fingerprint density at radius 2 is 1.93 bits per heavy atom. The molecule has 0 aliphatic carbocycles. The van der Waals surface area contributed by atoms with Gasteiger partial charge >= 0.3 is 0 Å². The monoisotopic (exact) mass is 429 g/mol. The second kappa shape index (κ2) is 7.98. The molecule has 0 aromatic heterocycles. The van der Waals surface area contributed by atoms with Crippen LogP contribution in [0.15, 0.2) is 45.7 Å². The fourth-order valence-electron chi connectivity index (χ4n) is 3.41. The van der Waals surface area contributed by atoms with E-state index in [0.717, 1.165) is 11.1 Å². The summed E-state index contributed by atoms with van der Waals surface area (Å²) in [5.41, 5.74) is 2.32. The van der Waals surface area contributed by atoms with E-state index in [1.807, 2.05) is 32.0 Å². The number of rotatable bonds is 5. The fraction of sp³-hybridized carbons (Fsp3) is 0.333. The molecule has 0 fully saturated rings. The molecule has 0 bridgehead atoms. The van der Waals surface area contributed by atoms with E-state index in [9.17, 15) is 13.2 Å². The van der Waals surface area contributed by atoms with Crippen molar-refractivity contribution in [3.05, 3.63) is 47.5 Å². The van der Waals surface area contributed by atoms with E-state index in [0.29, 0.717) is 30.4 Å². The SMILES string of the molecule is Cc1ccc2c(c1)NC(CCC(=O)N[C@@H](C)c1ccc3c(c1)OCCO3)=NS2(=O)=O. The van der Waals surface area contributed by atoms with Crippen molar-refractivity contribution in [3.8, 4) is 11.5 Å². The van der Waals surface area contributed by atoms with E-state index >= 15 is 0 Å². The minimum Gasteiger partial charge on any atom is -0.486 e. The van der Waals surface area contributed by atoms with Gasteiger partial charge < -0.3 is 20.1 Å². The Balaban J connectivity index is 1.37. The Bertz CT molecular complexity index is 1130. The normalized spacial score (nSPS) is 17.2. The molecular formula is C21H23N3O5S. The lowest BCUT2D eigenvalue weighted by Crippen LogP contribution is -2.29. The molecule has 0 saturated carbocycles. The molecule has 1 atom stereocenters. The Labute approximate surface area is 175 Å². The first kappa shape index (κ1) is 20.2. The van der Waals surface area contributed by atoms with Crippen molar-refractivity contribution in [3.63, 3.8) is 0 Å². The van der Waals surface area contributed by atoms with Gasteiger partial charge in [0, 0.05) is 12.8 Å². The molecule has 2 aromatic carbocycles. The van der Waals surface area contributed by atoms with Gasteiger partial charge in [0.05, 0.1) is 11.7 Å². The van der Waals surface area contributed by atoms with Crippen LogP contribution in [-0.2, 0) is 14.8 Å². The summed E-state index contributed by atoms with van der Waals surface area (Å²) in [6.07, 6.45) is 0.295. The summed E-state index contributed by atoms with van der Waals surface area (Å²) in [6.45, 7) is 4.78. The average molecular weight is 429 g/mol. The van der Waals surface area contributed by atoms with Gasteiger partial charge in [-0.25, -0.2) is 0 Å². The van der Waals surface area contributed by atoms with Crippen molar-refractivity contribution in [1.29, 1.82) is 0 Å². The smallest absolute Gasteiger partial charge is 0.286 e. The van der Waals surface area contributed by atoms with Gasteiger partial charge in [-0.2, -0.15) is 8.42 Å². The van der Waals surface area contributed by atoms with E-state index < -0.39 is 10.0 Å². The largest absolute Gasteiger partial charge is 0.486 e. The van der Waals surface area contributed by atoms with Crippen molar-refractivity contribution in [2.75, 3.05) is 18.5 Å². The fourth-order valence-corrected chi connectivity index (χ4v) is 4.56. The summed E-state index contributed by atoms with van der Waals surface area (Å²) >= 11 is 0. The number of nitrogens with zero attached hydrogens (tertiary/aromatic N) is 1. The summed E-state index contributed by atoms with van der Waals surface area (Å²) in [4.78, 5) is 12.6. The van der Waals surface area contributed by atoms with Crippen LogP contribution < -0.4 is 20.1 Å². The number of amides is 1. The number of sulfonamides is 1. The third-order valence-electron chi connectivity index (χ3n) is 4.95. The number of hydrogen-bond acceptors (Lipinski definition) is 6. The highest BCUT2D eigenvalue weighted by Crippen LogP contribution is 2.32. The minimum absolute atomic E-state index is 0.109. The molecule has 1 amide bonds. The molecule has 4 rings (SSSR count). The van der Waals surface area contributed by atoms with Crippen molar-refractivity contribution < 1.29 is 22.7 Å². The zero-order chi connectivity index (χ0) is 21.3. The minimum atomic E-state index is -3.76. The topological polar surface area (TPSA) is 106 Å². The number of aryl methyl sites for hydroxylation is 1. The Kier molecular flexibility index (Phi) is 5.38. The maximum absolute atomic E-state index is 12.4. The van der Waals surface area contributed by atoms with Crippen LogP contribution in [0.1, 0.15) is 36.9 Å². The number of ether oxygens (including phenoxy) is 2. The molecule has 158 valence electrons. The zero-order valence-electron chi connectivity index (χ0n) is 16.8. The second-order valence-electron chi connectivity index (χ2n) is 7.33. The Morgan fingerprint density at radius 3 is 2.73 bits per heavy atom. The predicted molar refractivity (Wildman–Crippen MR) is 113 cm³/mol. The van der Waals surface area contributed by atoms with E-state index in [2.05, 4.69) is 15.0 Å². The van der Waals surface area contributed by atoms with Gasteiger partial charge in [-0.1, -0.05) is 12.1 Å². The number of benzene rings is 2. The van der Waals surface area contributed by atoms with Gasteiger partial charge in [0.1, 0.15) is 23.9 Å². The molecule has 8 nitrogen and oxygen atoms in total. The first-order valence-corrected chi connectivity index (χ1v) is 11.2. The number of carbonyl (C=O) groups excluding carboxylic acids is 1. The number of fused-ring (bicyclic) bond motifs is 2. The van der Waals surface area contributed by atoms with E-state index in [1.54, 1.807) is 12.1 Å². The molecule has 0 saturated heterocycles. The molecule has 2 aliphatic rings. The molecule has 0 spiro atoms. The summed E-state index contributed by atoms with van der Waals surface area (Å²) in [5, 5.41) is 5.95. The van der Waals surface area contributed by atoms with E-state index in [1.165, 1.54) is 6.07 Å². The predicted octanol–water partition coefficient (Wildman–Crippen LogP) is 2.94. The molecule has 2 heterocycles. The maximum atomic E-state index is 12.4. The number of anilines is 1. The standard InChI is InChI=1S/C21H23N3O5S/c1-13-3-6-19-16(11-13)23-20(24-30(19,26)27)7-8-21(25)22-14(2)15-4-5-17-18(12-15)29-10-9-28-17/h3-6,11-12,14H,7-10H2,1-2H3,(H,22,25)(H,23,24)/t14-/m0/s1. The van der Waals surface area contributed by atoms with Gasteiger partial charge in [0.15, 0.2) is 11.5 Å². The van der Waals surface area contributed by atoms with Crippen LogP contribution in [0.5, 0.6) is 11.5 Å². The maximum Gasteiger partial charge on any atom is 0.286 e. The third kappa shape index (κ3) is 4.25. The molecule has 2 N–H and O–H groups in total. The molecule has 9 heteroatoms. The molecular weight excluding hydrogens is 406 g/mol. The molecule has 2 aliphatic heterocycles. The van der Waals surface area contributed by atoms with Crippen LogP contribution in [0, 0.1) is 6.92 Å². The number of amidine groups is 1. The van der Waals surface area contributed by atoms with Crippen LogP contribution in [0.25, 0.3) is 0 Å². The van der Waals surface area contributed by atoms with Crippen LogP contribution in [0.3, 0.4) is 0 Å². The lowest BCUT2D eigenvalue weighted by atomic mass is 10.1. The molecule has 2 aromatic rings. The van der Waals surface area contributed by atoms with Crippen molar-refractivity contribution in [1.82, 2.24) is 5.32 Å². The van der Waals surface area contributed by atoms with Gasteiger partial charge in [-0.15, -0.1) is 4.40 Å². The first-order chi connectivity index (χ1) is 14.3. The zero-order valence-corrected chi connectivity index (χ0v) is 17.6. The highest BCUT2D eigenvalue weighted by atomic mass is 32.2. The Morgan fingerprint density at radius 1 is 1.17 bits per heavy atom. The lowest BCUT2D eigenvalue weighted by Gasteiger charge is -2.21. The molecule has 0 radical (unpaired) electrons. The number of nitrogens with one attached hydrogen (secondary N) is 2. The lowest BCUT2D eigenvalue weighted by molar-refractivity contribution is -0.121. The van der Waals surface area contributed by atoms with Crippen LogP contribution in [0.2, 0.25) is 0 Å². The van der Waals surface area contributed by atoms with Gasteiger partial charge in [0.25, 0.3) is 10.0 Å². The van der Waals surface area contributed by atoms with E-state index in [-0.39, 0.29) is 35.5 Å². The highest BCUT2D eigenvalue weighted by Gasteiger charge is 2.25. The molecule has 30 heavy (non-hydrogen) atoms. The van der Waals surface area contributed by atoms with Crippen LogP contribution in [-0.4, -0.2) is 33.4 Å². The van der Waals surface area contributed by atoms with Gasteiger partial charge in [0.2, 0.25) is 5.91 Å². The Hall–Kier alpha value is -3.07. The summed E-state index contributed by atoms with van der Waals surface area (Å²) < 4.78 is 39.6. The van der Waals surface area contributed by atoms with Crippen molar-refractivity contribution in [2.24, 2.45) is 4.40 Å². The summed E-state index contributed by atoms with van der Waals surface area (Å²) in [5.74, 6) is 1.42. The average Bonchev–Trinajstić information content (AvgIpc) is 2.71. The van der Waals surface area contributed by atoms with E-state index in [4.69, 9.17) is 9.47 Å².